The normalized spacial score (nSPS) is 15.2. The lowest BCUT2D eigenvalue weighted by molar-refractivity contribution is 0.271. The van der Waals surface area contributed by atoms with Crippen LogP contribution in [0.4, 0.5) is 11.8 Å². The van der Waals surface area contributed by atoms with E-state index < -0.39 is 0 Å². The molecule has 172 valence electrons. The molecular weight excluding hydrogens is 434 g/mol. The lowest BCUT2D eigenvalue weighted by Gasteiger charge is -2.17. The molecule has 4 aromatic heterocycles. The minimum Gasteiger partial charge on any atom is -0.394 e. The van der Waals surface area contributed by atoms with Crippen molar-refractivity contribution in [1.82, 2.24) is 24.5 Å². The molecule has 0 spiro atoms. The van der Waals surface area contributed by atoms with Crippen LogP contribution in [0.15, 0.2) is 41.5 Å². The molecule has 33 heavy (non-hydrogen) atoms. The largest absolute Gasteiger partial charge is 0.394 e. The minimum atomic E-state index is -0.0907. The van der Waals surface area contributed by atoms with Crippen molar-refractivity contribution in [1.29, 1.82) is 0 Å². The molecule has 1 atom stereocenters. The molecule has 0 radical (unpaired) electrons. The molecule has 3 N–H and O–H groups in total. The quantitative estimate of drug-likeness (QED) is 0.326. The number of anilines is 2. The molecule has 0 saturated heterocycles. The Hall–Kier alpha value is -3.04. The first-order valence-electron chi connectivity index (χ1n) is 11.6. The van der Waals surface area contributed by atoms with Crippen molar-refractivity contribution in [3.05, 3.63) is 47.0 Å². The van der Waals surface area contributed by atoms with Crippen molar-refractivity contribution >= 4 is 34.3 Å². The van der Waals surface area contributed by atoms with Crippen LogP contribution in [0.2, 0.25) is 0 Å². The molecule has 1 fully saturated rings. The maximum atomic E-state index is 9.64. The number of nitrogens with zero attached hydrogens (tertiary/aromatic N) is 5. The van der Waals surface area contributed by atoms with Crippen molar-refractivity contribution in [3.8, 4) is 11.3 Å². The second kappa shape index (κ2) is 9.84. The van der Waals surface area contributed by atoms with Gasteiger partial charge in [-0.05, 0) is 42.3 Å². The summed E-state index contributed by atoms with van der Waals surface area (Å²) >= 11 is 1.67. The number of nitrogens with one attached hydrogen (secondary N) is 2. The number of aliphatic hydroxyl groups is 1. The maximum Gasteiger partial charge on any atom is 0.227 e. The number of pyridine rings is 1. The molecule has 0 bridgehead atoms. The van der Waals surface area contributed by atoms with Gasteiger partial charge in [-0.2, -0.15) is 21.3 Å². The van der Waals surface area contributed by atoms with Crippen molar-refractivity contribution in [3.63, 3.8) is 0 Å². The van der Waals surface area contributed by atoms with Crippen molar-refractivity contribution in [2.45, 2.75) is 57.7 Å². The molecule has 0 amide bonds. The molecule has 0 aliphatic heterocycles. The number of imidazole rings is 1. The number of aromatic nitrogens is 5. The van der Waals surface area contributed by atoms with E-state index in [2.05, 4.69) is 48.1 Å². The van der Waals surface area contributed by atoms with E-state index in [-0.39, 0.29) is 12.6 Å². The Morgan fingerprint density at radius 2 is 2.06 bits per heavy atom. The van der Waals surface area contributed by atoms with Gasteiger partial charge in [-0.25, -0.2) is 4.98 Å². The third-order valence-corrected chi connectivity index (χ3v) is 6.97. The van der Waals surface area contributed by atoms with Crippen LogP contribution in [0, 0.1) is 0 Å². The highest BCUT2D eigenvalue weighted by molar-refractivity contribution is 7.08. The van der Waals surface area contributed by atoms with Gasteiger partial charge >= 0.3 is 0 Å². The first-order chi connectivity index (χ1) is 16.2. The van der Waals surface area contributed by atoms with Gasteiger partial charge in [-0.15, -0.1) is 0 Å². The Kier molecular flexibility index (Phi) is 6.50. The zero-order valence-electron chi connectivity index (χ0n) is 18.7. The summed E-state index contributed by atoms with van der Waals surface area (Å²) in [4.78, 5) is 18.8. The lowest BCUT2D eigenvalue weighted by Crippen LogP contribution is -2.24. The lowest BCUT2D eigenvalue weighted by atomic mass is 10.2. The smallest absolute Gasteiger partial charge is 0.227 e. The van der Waals surface area contributed by atoms with Gasteiger partial charge in [-0.3, -0.25) is 4.98 Å². The third-order valence-electron chi connectivity index (χ3n) is 6.29. The van der Waals surface area contributed by atoms with E-state index in [1.54, 1.807) is 11.3 Å². The van der Waals surface area contributed by atoms with E-state index in [9.17, 15) is 5.11 Å². The fourth-order valence-corrected chi connectivity index (χ4v) is 4.96. The molecule has 8 nitrogen and oxygen atoms in total. The summed E-state index contributed by atoms with van der Waals surface area (Å²) in [5.41, 5.74) is 4.78. The number of thiophene rings is 1. The summed E-state index contributed by atoms with van der Waals surface area (Å²) in [6.07, 6.45) is 9.35. The average Bonchev–Trinajstić information content (AvgIpc) is 3.62. The van der Waals surface area contributed by atoms with Gasteiger partial charge in [0.25, 0.3) is 0 Å². The van der Waals surface area contributed by atoms with E-state index >= 15 is 0 Å². The van der Waals surface area contributed by atoms with Crippen LogP contribution in [0.25, 0.3) is 22.4 Å². The fourth-order valence-electron chi connectivity index (χ4n) is 4.31. The Morgan fingerprint density at radius 1 is 1.18 bits per heavy atom. The van der Waals surface area contributed by atoms with E-state index in [0.29, 0.717) is 24.4 Å². The molecule has 1 aliphatic rings. The second-order valence-corrected chi connectivity index (χ2v) is 9.29. The first kappa shape index (κ1) is 21.8. The zero-order chi connectivity index (χ0) is 22.6. The van der Waals surface area contributed by atoms with Crippen LogP contribution < -0.4 is 10.6 Å². The van der Waals surface area contributed by atoms with E-state index in [1.165, 1.54) is 12.8 Å². The Bertz CT molecular complexity index is 1180. The van der Waals surface area contributed by atoms with Crippen LogP contribution in [-0.4, -0.2) is 42.3 Å². The number of fused-ring (bicyclic) bond motifs is 1. The van der Waals surface area contributed by atoms with Gasteiger partial charge in [0.2, 0.25) is 5.95 Å². The molecule has 5 rings (SSSR count). The van der Waals surface area contributed by atoms with Crippen LogP contribution in [-0.2, 0) is 6.54 Å². The van der Waals surface area contributed by atoms with Crippen LogP contribution in [0.5, 0.6) is 0 Å². The molecule has 0 aromatic carbocycles. The predicted molar refractivity (Wildman–Crippen MR) is 132 cm³/mol. The molecule has 1 aliphatic carbocycles. The standard InChI is InChI=1S/C24H29N7OS/c1-2-18(13-32)28-24-29-22(21-23(30-24)31(15-27-21)19-5-3-4-6-19)26-12-16-7-8-20(25-11-16)17-9-10-33-14-17/h7-11,14-15,18-19,32H,2-6,12-13H2,1H3,(H2,26,28,29,30). The molecular formula is C24H29N7OS. The molecule has 9 heteroatoms. The maximum absolute atomic E-state index is 9.64. The second-order valence-electron chi connectivity index (χ2n) is 8.51. The number of aliphatic hydroxyl groups excluding tert-OH is 1. The first-order valence-corrected chi connectivity index (χ1v) is 12.5. The fraction of sp³-hybridized carbons (Fsp3) is 0.417. The van der Waals surface area contributed by atoms with Gasteiger partial charge in [-0.1, -0.05) is 25.8 Å². The summed E-state index contributed by atoms with van der Waals surface area (Å²) in [7, 11) is 0. The van der Waals surface area contributed by atoms with Gasteiger partial charge in [0.1, 0.15) is 0 Å². The van der Waals surface area contributed by atoms with Gasteiger partial charge in [0.05, 0.1) is 24.7 Å². The zero-order valence-corrected chi connectivity index (χ0v) is 19.6. The summed E-state index contributed by atoms with van der Waals surface area (Å²) in [5, 5.41) is 20.5. The third kappa shape index (κ3) is 4.69. The SMILES string of the molecule is CCC(CO)Nc1nc(NCc2ccc(-c3ccsc3)nc2)c2ncn(C3CCCC3)c2n1. The topological polar surface area (TPSA) is 101 Å². The van der Waals surface area contributed by atoms with E-state index in [4.69, 9.17) is 9.97 Å². The summed E-state index contributed by atoms with van der Waals surface area (Å²) < 4.78 is 2.19. The summed E-state index contributed by atoms with van der Waals surface area (Å²) in [6.45, 7) is 2.64. The van der Waals surface area contributed by atoms with Crippen LogP contribution >= 0.6 is 11.3 Å². The van der Waals surface area contributed by atoms with Crippen molar-refractivity contribution < 1.29 is 5.11 Å². The predicted octanol–water partition coefficient (Wildman–Crippen LogP) is 4.86. The van der Waals surface area contributed by atoms with Gasteiger partial charge < -0.3 is 20.3 Å². The Labute approximate surface area is 197 Å². The molecule has 1 saturated carbocycles. The van der Waals surface area contributed by atoms with E-state index in [1.807, 2.05) is 25.5 Å². The monoisotopic (exact) mass is 463 g/mol. The molecule has 4 heterocycles. The Balaban J connectivity index is 1.41. The minimum absolute atomic E-state index is 0.0324. The van der Waals surface area contributed by atoms with Crippen molar-refractivity contribution in [2.24, 2.45) is 0 Å². The van der Waals surface area contributed by atoms with Crippen molar-refractivity contribution in [2.75, 3.05) is 17.2 Å². The summed E-state index contributed by atoms with van der Waals surface area (Å²) in [5.74, 6) is 1.20. The van der Waals surface area contributed by atoms with Crippen LogP contribution in [0.3, 0.4) is 0 Å². The number of hydrogen-bond acceptors (Lipinski definition) is 8. The van der Waals surface area contributed by atoms with E-state index in [0.717, 1.165) is 47.2 Å². The Morgan fingerprint density at radius 3 is 2.76 bits per heavy atom. The summed E-state index contributed by atoms with van der Waals surface area (Å²) in [6, 6.07) is 6.55. The van der Waals surface area contributed by atoms with Crippen LogP contribution in [0.1, 0.15) is 50.6 Å². The number of rotatable bonds is 9. The highest BCUT2D eigenvalue weighted by Gasteiger charge is 2.22. The average molecular weight is 464 g/mol. The van der Waals surface area contributed by atoms with Gasteiger partial charge in [0.15, 0.2) is 17.0 Å². The van der Waals surface area contributed by atoms with Gasteiger partial charge in [0, 0.05) is 29.7 Å². The highest BCUT2D eigenvalue weighted by atomic mass is 32.1. The highest BCUT2D eigenvalue weighted by Crippen LogP contribution is 2.33. The number of hydrogen-bond donors (Lipinski definition) is 3. The molecule has 4 aromatic rings. The molecule has 1 unspecified atom stereocenters.